The van der Waals surface area contributed by atoms with Crippen molar-refractivity contribution < 1.29 is 4.79 Å². The number of nitrogens with one attached hydrogen (secondary N) is 2. The summed E-state index contributed by atoms with van der Waals surface area (Å²) in [6.45, 7) is 3.94. The number of amides is 1. The standard InChI is InChI=1S/C13H17BrN2O/c1-9-2-3-10(14)8-12(9)13(17)16-11-4-6-15-7-5-11/h2-3,8,11,15H,4-7H2,1H3,(H,16,17). The van der Waals surface area contributed by atoms with Gasteiger partial charge in [-0.25, -0.2) is 0 Å². The van der Waals surface area contributed by atoms with Crippen LogP contribution in [0.15, 0.2) is 22.7 Å². The number of hydrogen-bond acceptors (Lipinski definition) is 2. The molecule has 92 valence electrons. The van der Waals surface area contributed by atoms with Crippen LogP contribution >= 0.6 is 15.9 Å². The zero-order valence-electron chi connectivity index (χ0n) is 9.92. The summed E-state index contributed by atoms with van der Waals surface area (Å²) >= 11 is 3.40. The van der Waals surface area contributed by atoms with Crippen LogP contribution in [0.25, 0.3) is 0 Å². The molecule has 3 nitrogen and oxygen atoms in total. The third-order valence-electron chi connectivity index (χ3n) is 3.12. The summed E-state index contributed by atoms with van der Waals surface area (Å²) in [6.07, 6.45) is 2.03. The van der Waals surface area contributed by atoms with E-state index in [0.717, 1.165) is 41.5 Å². The maximum absolute atomic E-state index is 12.1. The molecule has 0 spiro atoms. The number of hydrogen-bond donors (Lipinski definition) is 2. The highest BCUT2D eigenvalue weighted by atomic mass is 79.9. The van der Waals surface area contributed by atoms with Gasteiger partial charge in [0, 0.05) is 16.1 Å². The van der Waals surface area contributed by atoms with Crippen LogP contribution in [0, 0.1) is 6.92 Å². The molecular weight excluding hydrogens is 280 g/mol. The highest BCUT2D eigenvalue weighted by Gasteiger charge is 2.17. The van der Waals surface area contributed by atoms with Gasteiger partial charge >= 0.3 is 0 Å². The van der Waals surface area contributed by atoms with Gasteiger partial charge in [0.25, 0.3) is 5.91 Å². The van der Waals surface area contributed by atoms with Gasteiger partial charge in [-0.15, -0.1) is 0 Å². The quantitative estimate of drug-likeness (QED) is 0.879. The van der Waals surface area contributed by atoms with E-state index in [1.807, 2.05) is 25.1 Å². The topological polar surface area (TPSA) is 41.1 Å². The van der Waals surface area contributed by atoms with Crippen molar-refractivity contribution in [2.75, 3.05) is 13.1 Å². The molecule has 0 aromatic heterocycles. The minimum atomic E-state index is 0.0377. The van der Waals surface area contributed by atoms with E-state index in [4.69, 9.17) is 0 Å². The average molecular weight is 297 g/mol. The summed E-state index contributed by atoms with van der Waals surface area (Å²) in [5, 5.41) is 6.39. The zero-order chi connectivity index (χ0) is 12.3. The number of aryl methyl sites for hydroxylation is 1. The number of rotatable bonds is 2. The smallest absolute Gasteiger partial charge is 0.251 e. The van der Waals surface area contributed by atoms with Crippen molar-refractivity contribution >= 4 is 21.8 Å². The first-order chi connectivity index (χ1) is 8.16. The van der Waals surface area contributed by atoms with Crippen molar-refractivity contribution in [2.45, 2.75) is 25.8 Å². The maximum Gasteiger partial charge on any atom is 0.251 e. The largest absolute Gasteiger partial charge is 0.349 e. The van der Waals surface area contributed by atoms with Gasteiger partial charge in [-0.3, -0.25) is 4.79 Å². The summed E-state index contributed by atoms with van der Waals surface area (Å²) in [7, 11) is 0. The van der Waals surface area contributed by atoms with Crippen LogP contribution < -0.4 is 10.6 Å². The fourth-order valence-electron chi connectivity index (χ4n) is 2.07. The van der Waals surface area contributed by atoms with E-state index in [-0.39, 0.29) is 5.91 Å². The summed E-state index contributed by atoms with van der Waals surface area (Å²) in [6, 6.07) is 6.10. The van der Waals surface area contributed by atoms with E-state index in [2.05, 4.69) is 26.6 Å². The molecule has 2 rings (SSSR count). The monoisotopic (exact) mass is 296 g/mol. The van der Waals surface area contributed by atoms with Crippen molar-refractivity contribution in [3.8, 4) is 0 Å². The third-order valence-corrected chi connectivity index (χ3v) is 3.61. The summed E-state index contributed by atoms with van der Waals surface area (Å²) in [4.78, 5) is 12.1. The molecule has 1 aliphatic heterocycles. The molecule has 1 aliphatic rings. The van der Waals surface area contributed by atoms with Crippen LogP contribution in [0.1, 0.15) is 28.8 Å². The Labute approximate surface area is 110 Å². The molecule has 1 heterocycles. The van der Waals surface area contributed by atoms with E-state index >= 15 is 0 Å². The Hall–Kier alpha value is -0.870. The van der Waals surface area contributed by atoms with E-state index in [0.29, 0.717) is 6.04 Å². The lowest BCUT2D eigenvalue weighted by Crippen LogP contribution is -2.42. The molecule has 0 radical (unpaired) electrons. The molecule has 4 heteroatoms. The van der Waals surface area contributed by atoms with E-state index in [1.165, 1.54) is 0 Å². The average Bonchev–Trinajstić information content (AvgIpc) is 2.33. The number of piperidine rings is 1. The summed E-state index contributed by atoms with van der Waals surface area (Å²) in [5.74, 6) is 0.0377. The second kappa shape index (κ2) is 5.65. The molecule has 1 aromatic carbocycles. The van der Waals surface area contributed by atoms with Crippen LogP contribution in [0.2, 0.25) is 0 Å². The van der Waals surface area contributed by atoms with Crippen LogP contribution in [0.5, 0.6) is 0 Å². The van der Waals surface area contributed by atoms with Crippen LogP contribution in [-0.2, 0) is 0 Å². The maximum atomic E-state index is 12.1. The molecule has 0 unspecified atom stereocenters. The van der Waals surface area contributed by atoms with Gasteiger partial charge in [-0.2, -0.15) is 0 Å². The molecule has 0 saturated carbocycles. The fraction of sp³-hybridized carbons (Fsp3) is 0.462. The lowest BCUT2D eigenvalue weighted by Gasteiger charge is -2.24. The molecule has 1 aromatic rings. The number of benzene rings is 1. The van der Waals surface area contributed by atoms with Gasteiger partial charge in [0.2, 0.25) is 0 Å². The second-order valence-electron chi connectivity index (χ2n) is 4.46. The lowest BCUT2D eigenvalue weighted by molar-refractivity contribution is 0.0929. The molecule has 1 amide bonds. The van der Waals surface area contributed by atoms with Crippen molar-refractivity contribution in [1.82, 2.24) is 10.6 Å². The predicted octanol–water partition coefficient (Wildman–Crippen LogP) is 2.24. The van der Waals surface area contributed by atoms with Gasteiger partial charge in [0.05, 0.1) is 0 Å². The zero-order valence-corrected chi connectivity index (χ0v) is 11.5. The Morgan fingerprint density at radius 1 is 1.41 bits per heavy atom. The van der Waals surface area contributed by atoms with Gasteiger partial charge in [0.1, 0.15) is 0 Å². The third kappa shape index (κ3) is 3.30. The molecule has 1 fully saturated rings. The fourth-order valence-corrected chi connectivity index (χ4v) is 2.43. The van der Waals surface area contributed by atoms with Gasteiger partial charge in [-0.05, 0) is 50.6 Å². The van der Waals surface area contributed by atoms with Crippen LogP contribution in [-0.4, -0.2) is 25.0 Å². The lowest BCUT2D eigenvalue weighted by atomic mass is 10.0. The van der Waals surface area contributed by atoms with E-state index < -0.39 is 0 Å². The Morgan fingerprint density at radius 2 is 2.12 bits per heavy atom. The number of carbonyl (C=O) groups is 1. The highest BCUT2D eigenvalue weighted by molar-refractivity contribution is 9.10. The van der Waals surface area contributed by atoms with Gasteiger partial charge < -0.3 is 10.6 Å². The SMILES string of the molecule is Cc1ccc(Br)cc1C(=O)NC1CCNCC1. The molecule has 0 atom stereocenters. The van der Waals surface area contributed by atoms with E-state index in [1.54, 1.807) is 0 Å². The Morgan fingerprint density at radius 3 is 2.82 bits per heavy atom. The molecule has 0 aliphatic carbocycles. The molecule has 2 N–H and O–H groups in total. The Kier molecular flexibility index (Phi) is 4.18. The first kappa shape index (κ1) is 12.6. The predicted molar refractivity (Wildman–Crippen MR) is 72.2 cm³/mol. The molecule has 17 heavy (non-hydrogen) atoms. The van der Waals surface area contributed by atoms with Gasteiger partial charge in [-0.1, -0.05) is 22.0 Å². The number of carbonyl (C=O) groups excluding carboxylic acids is 1. The van der Waals surface area contributed by atoms with Crippen molar-refractivity contribution in [1.29, 1.82) is 0 Å². The summed E-state index contributed by atoms with van der Waals surface area (Å²) in [5.41, 5.74) is 1.78. The van der Waals surface area contributed by atoms with E-state index in [9.17, 15) is 4.79 Å². The normalized spacial score (nSPS) is 16.8. The highest BCUT2D eigenvalue weighted by Crippen LogP contribution is 2.16. The van der Waals surface area contributed by atoms with Gasteiger partial charge in [0.15, 0.2) is 0 Å². The number of halogens is 1. The first-order valence-electron chi connectivity index (χ1n) is 5.94. The molecule has 0 bridgehead atoms. The summed E-state index contributed by atoms with van der Waals surface area (Å²) < 4.78 is 0.943. The van der Waals surface area contributed by atoms with Crippen molar-refractivity contribution in [3.63, 3.8) is 0 Å². The van der Waals surface area contributed by atoms with Crippen LogP contribution in [0.4, 0.5) is 0 Å². The van der Waals surface area contributed by atoms with Crippen molar-refractivity contribution in [3.05, 3.63) is 33.8 Å². The minimum absolute atomic E-state index is 0.0377. The molecule has 1 saturated heterocycles. The first-order valence-corrected chi connectivity index (χ1v) is 6.74. The Bertz CT molecular complexity index is 414. The minimum Gasteiger partial charge on any atom is -0.349 e. The Balaban J connectivity index is 2.05. The van der Waals surface area contributed by atoms with Crippen LogP contribution in [0.3, 0.4) is 0 Å². The van der Waals surface area contributed by atoms with Crippen molar-refractivity contribution in [2.24, 2.45) is 0 Å². The second-order valence-corrected chi connectivity index (χ2v) is 5.37. The molecular formula is C13H17BrN2O.